The zero-order chi connectivity index (χ0) is 12.7. The van der Waals surface area contributed by atoms with E-state index in [9.17, 15) is 4.39 Å². The summed E-state index contributed by atoms with van der Waals surface area (Å²) < 4.78 is 23.9. The van der Waals surface area contributed by atoms with E-state index >= 15 is 0 Å². The van der Waals surface area contributed by atoms with Crippen molar-refractivity contribution in [3.63, 3.8) is 0 Å². The summed E-state index contributed by atoms with van der Waals surface area (Å²) in [6, 6.07) is 4.72. The van der Waals surface area contributed by atoms with Crippen molar-refractivity contribution >= 4 is 0 Å². The van der Waals surface area contributed by atoms with Crippen molar-refractivity contribution in [1.82, 2.24) is 5.32 Å². The molecule has 0 aliphatic carbocycles. The van der Waals surface area contributed by atoms with Gasteiger partial charge in [0, 0.05) is 24.3 Å². The third kappa shape index (κ3) is 4.32. The first-order chi connectivity index (χ1) is 8.19. The summed E-state index contributed by atoms with van der Waals surface area (Å²) in [4.78, 5) is 0. The SMILES string of the molecule is CCOCCOc1cc(F)ccc1C(C)NC. The molecule has 0 radical (unpaired) electrons. The Hall–Kier alpha value is -1.13. The first-order valence-electron chi connectivity index (χ1n) is 5.86. The lowest BCUT2D eigenvalue weighted by Gasteiger charge is -2.16. The van der Waals surface area contributed by atoms with Gasteiger partial charge in [0.1, 0.15) is 18.2 Å². The van der Waals surface area contributed by atoms with Crippen molar-refractivity contribution in [2.75, 3.05) is 26.9 Å². The van der Waals surface area contributed by atoms with E-state index in [1.807, 2.05) is 20.9 Å². The monoisotopic (exact) mass is 241 g/mol. The van der Waals surface area contributed by atoms with E-state index in [0.29, 0.717) is 25.6 Å². The fourth-order valence-electron chi connectivity index (χ4n) is 1.50. The van der Waals surface area contributed by atoms with E-state index in [0.717, 1.165) is 5.56 Å². The second-order valence-corrected chi connectivity index (χ2v) is 3.74. The molecule has 1 atom stereocenters. The average molecular weight is 241 g/mol. The van der Waals surface area contributed by atoms with Crippen LogP contribution >= 0.6 is 0 Å². The third-order valence-corrected chi connectivity index (χ3v) is 2.56. The highest BCUT2D eigenvalue weighted by Crippen LogP contribution is 2.25. The van der Waals surface area contributed by atoms with Gasteiger partial charge in [0.2, 0.25) is 0 Å². The summed E-state index contributed by atoms with van der Waals surface area (Å²) in [5.41, 5.74) is 0.949. The van der Waals surface area contributed by atoms with Gasteiger partial charge in [-0.2, -0.15) is 0 Å². The van der Waals surface area contributed by atoms with Crippen LogP contribution in [0.1, 0.15) is 25.5 Å². The molecule has 0 saturated heterocycles. The van der Waals surface area contributed by atoms with Crippen molar-refractivity contribution in [1.29, 1.82) is 0 Å². The standard InChI is InChI=1S/C13H20FNO2/c1-4-16-7-8-17-13-9-11(14)5-6-12(13)10(2)15-3/h5-6,9-10,15H,4,7-8H2,1-3H3. The van der Waals surface area contributed by atoms with Gasteiger partial charge < -0.3 is 14.8 Å². The van der Waals surface area contributed by atoms with Crippen LogP contribution in [0.3, 0.4) is 0 Å². The molecule has 1 N–H and O–H groups in total. The van der Waals surface area contributed by atoms with Crippen molar-refractivity contribution in [2.24, 2.45) is 0 Å². The fraction of sp³-hybridized carbons (Fsp3) is 0.538. The van der Waals surface area contributed by atoms with E-state index in [1.54, 1.807) is 6.07 Å². The Bertz CT molecular complexity index is 344. The molecule has 0 aromatic heterocycles. The van der Waals surface area contributed by atoms with Crippen LogP contribution in [0.2, 0.25) is 0 Å². The fourth-order valence-corrected chi connectivity index (χ4v) is 1.50. The molecule has 3 nitrogen and oxygen atoms in total. The van der Waals surface area contributed by atoms with Crippen LogP contribution in [0.15, 0.2) is 18.2 Å². The maximum Gasteiger partial charge on any atom is 0.127 e. The number of hydrogen-bond acceptors (Lipinski definition) is 3. The van der Waals surface area contributed by atoms with Crippen molar-refractivity contribution in [2.45, 2.75) is 19.9 Å². The molecule has 0 saturated carbocycles. The summed E-state index contributed by atoms with van der Waals surface area (Å²) in [5.74, 6) is 0.287. The van der Waals surface area contributed by atoms with Crippen molar-refractivity contribution < 1.29 is 13.9 Å². The second kappa shape index (κ2) is 7.25. The number of halogens is 1. The van der Waals surface area contributed by atoms with Crippen molar-refractivity contribution in [3.05, 3.63) is 29.6 Å². The van der Waals surface area contributed by atoms with Gasteiger partial charge in [0.15, 0.2) is 0 Å². The molecule has 1 aromatic rings. The number of nitrogens with one attached hydrogen (secondary N) is 1. The highest BCUT2D eigenvalue weighted by molar-refractivity contribution is 5.36. The number of rotatable bonds is 7. The van der Waals surface area contributed by atoms with Crippen LogP contribution in [-0.2, 0) is 4.74 Å². The van der Waals surface area contributed by atoms with Gasteiger partial charge in [-0.15, -0.1) is 0 Å². The first kappa shape index (κ1) is 13.9. The highest BCUT2D eigenvalue weighted by atomic mass is 19.1. The Balaban J connectivity index is 2.69. The zero-order valence-corrected chi connectivity index (χ0v) is 10.6. The number of hydrogen-bond donors (Lipinski definition) is 1. The molecule has 0 aliphatic rings. The van der Waals surface area contributed by atoms with Crippen LogP contribution in [0, 0.1) is 5.82 Å². The molecule has 1 unspecified atom stereocenters. The third-order valence-electron chi connectivity index (χ3n) is 2.56. The Morgan fingerprint density at radius 3 is 2.76 bits per heavy atom. The lowest BCUT2D eigenvalue weighted by Crippen LogP contribution is -2.15. The molecule has 0 spiro atoms. The zero-order valence-electron chi connectivity index (χ0n) is 10.6. The minimum absolute atomic E-state index is 0.123. The predicted octanol–water partition coefficient (Wildman–Crippen LogP) is 2.52. The molecule has 17 heavy (non-hydrogen) atoms. The molecule has 0 bridgehead atoms. The quantitative estimate of drug-likeness (QED) is 0.744. The molecule has 96 valence electrons. The predicted molar refractivity (Wildman–Crippen MR) is 65.9 cm³/mol. The van der Waals surface area contributed by atoms with Gasteiger partial charge in [0.05, 0.1) is 6.61 Å². The van der Waals surface area contributed by atoms with Gasteiger partial charge in [-0.3, -0.25) is 0 Å². The van der Waals surface area contributed by atoms with E-state index in [1.165, 1.54) is 12.1 Å². The number of benzene rings is 1. The molecule has 1 rings (SSSR count). The summed E-state index contributed by atoms with van der Waals surface area (Å²) in [6.45, 7) is 5.53. The minimum Gasteiger partial charge on any atom is -0.491 e. The van der Waals surface area contributed by atoms with Crippen LogP contribution < -0.4 is 10.1 Å². The first-order valence-corrected chi connectivity index (χ1v) is 5.86. The van der Waals surface area contributed by atoms with Gasteiger partial charge in [0.25, 0.3) is 0 Å². The number of ether oxygens (including phenoxy) is 2. The smallest absolute Gasteiger partial charge is 0.127 e. The lowest BCUT2D eigenvalue weighted by atomic mass is 10.1. The summed E-state index contributed by atoms with van der Waals surface area (Å²) in [5, 5.41) is 3.11. The minimum atomic E-state index is -0.288. The van der Waals surface area contributed by atoms with Crippen LogP contribution in [0.25, 0.3) is 0 Å². The molecule has 0 aliphatic heterocycles. The molecule has 0 amide bonds. The average Bonchev–Trinajstić information content (AvgIpc) is 2.34. The summed E-state index contributed by atoms with van der Waals surface area (Å²) in [7, 11) is 1.86. The van der Waals surface area contributed by atoms with E-state index in [2.05, 4.69) is 5.32 Å². The topological polar surface area (TPSA) is 30.5 Å². The Kier molecular flexibility index (Phi) is 5.94. The maximum atomic E-state index is 13.2. The normalized spacial score (nSPS) is 12.5. The van der Waals surface area contributed by atoms with Crippen LogP contribution in [0.4, 0.5) is 4.39 Å². The molecule has 0 fully saturated rings. The summed E-state index contributed by atoms with van der Waals surface area (Å²) >= 11 is 0. The van der Waals surface area contributed by atoms with Gasteiger partial charge >= 0.3 is 0 Å². The molecular formula is C13H20FNO2. The second-order valence-electron chi connectivity index (χ2n) is 3.74. The Labute approximate surface area is 102 Å². The Morgan fingerprint density at radius 1 is 1.35 bits per heavy atom. The molecule has 4 heteroatoms. The van der Waals surface area contributed by atoms with Crippen molar-refractivity contribution in [3.8, 4) is 5.75 Å². The maximum absolute atomic E-state index is 13.2. The molecule has 0 heterocycles. The molecular weight excluding hydrogens is 221 g/mol. The Morgan fingerprint density at radius 2 is 2.12 bits per heavy atom. The lowest BCUT2D eigenvalue weighted by molar-refractivity contribution is 0.109. The highest BCUT2D eigenvalue weighted by Gasteiger charge is 2.11. The van der Waals surface area contributed by atoms with Gasteiger partial charge in [-0.05, 0) is 27.0 Å². The van der Waals surface area contributed by atoms with Crippen LogP contribution in [-0.4, -0.2) is 26.9 Å². The van der Waals surface area contributed by atoms with E-state index < -0.39 is 0 Å². The van der Waals surface area contributed by atoms with Crippen LogP contribution in [0.5, 0.6) is 5.75 Å². The summed E-state index contributed by atoms with van der Waals surface area (Å²) in [6.07, 6.45) is 0. The molecule has 1 aromatic carbocycles. The van der Waals surface area contributed by atoms with E-state index in [4.69, 9.17) is 9.47 Å². The van der Waals surface area contributed by atoms with Gasteiger partial charge in [-0.1, -0.05) is 6.07 Å². The largest absolute Gasteiger partial charge is 0.491 e. The van der Waals surface area contributed by atoms with Gasteiger partial charge in [-0.25, -0.2) is 4.39 Å². The van der Waals surface area contributed by atoms with E-state index in [-0.39, 0.29) is 11.9 Å².